The molecule has 0 aliphatic rings. The van der Waals surface area contributed by atoms with Crippen molar-refractivity contribution in [1.82, 2.24) is 0 Å². The third-order valence-electron chi connectivity index (χ3n) is 2.38. The molecule has 90 valence electrons. The Balaban J connectivity index is 2.39. The third-order valence-corrected chi connectivity index (χ3v) is 3.37. The summed E-state index contributed by atoms with van der Waals surface area (Å²) in [6.07, 6.45) is 0. The number of para-hydroxylation sites is 1. The Morgan fingerprint density at radius 3 is 2.88 bits per heavy atom. The lowest BCUT2D eigenvalue weighted by Gasteiger charge is -1.98. The first-order valence-electron chi connectivity index (χ1n) is 5.25. The Morgan fingerprint density at radius 2 is 2.18 bits per heavy atom. The number of carboxylic acid groups (broad SMARTS) is 1. The zero-order valence-corrected chi connectivity index (χ0v) is 10.00. The summed E-state index contributed by atoms with van der Waals surface area (Å²) in [6, 6.07) is 7.17. The van der Waals surface area contributed by atoms with Crippen LogP contribution in [0, 0.1) is 0 Å². The quantitative estimate of drug-likeness (QED) is 0.797. The molecule has 0 amide bonds. The molecule has 0 aliphatic carbocycles. The van der Waals surface area contributed by atoms with E-state index < -0.39 is 5.97 Å². The monoisotopic (exact) mass is 251 g/mol. The van der Waals surface area contributed by atoms with Gasteiger partial charge in [-0.2, -0.15) is 11.8 Å². The van der Waals surface area contributed by atoms with Gasteiger partial charge in [0.2, 0.25) is 0 Å². The predicted molar refractivity (Wildman–Crippen MR) is 68.4 cm³/mol. The van der Waals surface area contributed by atoms with Crippen molar-refractivity contribution in [2.24, 2.45) is 5.73 Å². The van der Waals surface area contributed by atoms with Crippen LogP contribution in [0.25, 0.3) is 11.0 Å². The number of hydrogen-bond acceptors (Lipinski definition) is 4. The van der Waals surface area contributed by atoms with Crippen molar-refractivity contribution in [2.45, 2.75) is 5.75 Å². The second kappa shape index (κ2) is 5.25. The van der Waals surface area contributed by atoms with E-state index in [1.807, 2.05) is 6.07 Å². The van der Waals surface area contributed by atoms with Crippen molar-refractivity contribution in [3.8, 4) is 0 Å². The molecular weight excluding hydrogens is 238 g/mol. The molecule has 1 aromatic carbocycles. The molecule has 0 aliphatic heterocycles. The molecule has 0 bridgehead atoms. The van der Waals surface area contributed by atoms with Gasteiger partial charge in [0.15, 0.2) is 0 Å². The Morgan fingerprint density at radius 1 is 1.41 bits per heavy atom. The van der Waals surface area contributed by atoms with Crippen molar-refractivity contribution in [3.05, 3.63) is 35.6 Å². The molecule has 5 heteroatoms. The summed E-state index contributed by atoms with van der Waals surface area (Å²) in [5.41, 5.74) is 6.29. The lowest BCUT2D eigenvalue weighted by molar-refractivity contribution is 0.0697. The first-order chi connectivity index (χ1) is 8.24. The van der Waals surface area contributed by atoms with Crippen LogP contribution < -0.4 is 5.73 Å². The summed E-state index contributed by atoms with van der Waals surface area (Å²) in [4.78, 5) is 11.2. The zero-order chi connectivity index (χ0) is 12.3. The standard InChI is InChI=1S/C12H13NO3S/c13-5-6-17-7-10-11(12(14)15)8-3-1-2-4-9(8)16-10/h1-4H,5-7,13H2,(H,14,15). The number of furan rings is 1. The molecule has 0 spiro atoms. The van der Waals surface area contributed by atoms with Crippen LogP contribution in [-0.2, 0) is 5.75 Å². The number of rotatable bonds is 5. The number of benzene rings is 1. The van der Waals surface area contributed by atoms with E-state index >= 15 is 0 Å². The highest BCUT2D eigenvalue weighted by Gasteiger charge is 2.19. The van der Waals surface area contributed by atoms with Gasteiger partial charge in [0, 0.05) is 17.7 Å². The van der Waals surface area contributed by atoms with E-state index in [1.165, 1.54) is 0 Å². The molecule has 0 radical (unpaired) electrons. The molecule has 0 unspecified atom stereocenters. The van der Waals surface area contributed by atoms with Gasteiger partial charge in [-0.25, -0.2) is 4.79 Å². The van der Waals surface area contributed by atoms with Crippen LogP contribution in [0.3, 0.4) is 0 Å². The lowest BCUT2D eigenvalue weighted by Crippen LogP contribution is -2.03. The summed E-state index contributed by atoms with van der Waals surface area (Å²) in [7, 11) is 0. The van der Waals surface area contributed by atoms with Crippen molar-refractivity contribution >= 4 is 28.7 Å². The van der Waals surface area contributed by atoms with Gasteiger partial charge in [-0.1, -0.05) is 18.2 Å². The highest BCUT2D eigenvalue weighted by Crippen LogP contribution is 2.28. The number of fused-ring (bicyclic) bond motifs is 1. The van der Waals surface area contributed by atoms with Crippen LogP contribution in [0.5, 0.6) is 0 Å². The second-order valence-corrected chi connectivity index (χ2v) is 4.65. The number of aromatic carboxylic acids is 1. The van der Waals surface area contributed by atoms with Crippen LogP contribution >= 0.6 is 11.8 Å². The molecule has 17 heavy (non-hydrogen) atoms. The van der Waals surface area contributed by atoms with Crippen LogP contribution in [0.2, 0.25) is 0 Å². The molecule has 0 saturated carbocycles. The molecular formula is C12H13NO3S. The Hall–Kier alpha value is -1.46. The van der Waals surface area contributed by atoms with Crippen LogP contribution in [0.1, 0.15) is 16.1 Å². The van der Waals surface area contributed by atoms with E-state index in [1.54, 1.807) is 30.0 Å². The molecule has 2 rings (SSSR count). The molecule has 0 fully saturated rings. The largest absolute Gasteiger partial charge is 0.478 e. The average molecular weight is 251 g/mol. The minimum absolute atomic E-state index is 0.269. The maximum absolute atomic E-state index is 11.2. The van der Waals surface area contributed by atoms with E-state index in [0.29, 0.717) is 29.0 Å². The SMILES string of the molecule is NCCSCc1oc2ccccc2c1C(=O)O. The summed E-state index contributed by atoms with van der Waals surface area (Å²) >= 11 is 1.57. The zero-order valence-electron chi connectivity index (χ0n) is 9.18. The molecule has 1 heterocycles. The topological polar surface area (TPSA) is 76.5 Å². The lowest BCUT2D eigenvalue weighted by atomic mass is 10.1. The minimum atomic E-state index is -0.946. The van der Waals surface area contributed by atoms with Crippen LogP contribution in [0.4, 0.5) is 0 Å². The van der Waals surface area contributed by atoms with Gasteiger partial charge in [-0.15, -0.1) is 0 Å². The summed E-state index contributed by atoms with van der Waals surface area (Å²) in [6.45, 7) is 0.577. The van der Waals surface area contributed by atoms with Gasteiger partial charge in [0.05, 0.1) is 5.75 Å². The second-order valence-electron chi connectivity index (χ2n) is 3.54. The van der Waals surface area contributed by atoms with E-state index in [4.69, 9.17) is 10.2 Å². The number of nitrogens with two attached hydrogens (primary N) is 1. The summed E-state index contributed by atoms with van der Waals surface area (Å²) in [5.74, 6) is 0.888. The van der Waals surface area contributed by atoms with Gasteiger partial charge in [0.25, 0.3) is 0 Å². The Bertz CT molecular complexity index is 536. The van der Waals surface area contributed by atoms with Crippen molar-refractivity contribution in [3.63, 3.8) is 0 Å². The third kappa shape index (κ3) is 2.45. The van der Waals surface area contributed by atoms with Crippen LogP contribution in [0.15, 0.2) is 28.7 Å². The predicted octanol–water partition coefficient (Wildman–Crippen LogP) is 2.32. The summed E-state index contributed by atoms with van der Waals surface area (Å²) < 4.78 is 5.56. The first kappa shape index (κ1) is 12.0. The highest BCUT2D eigenvalue weighted by molar-refractivity contribution is 7.98. The minimum Gasteiger partial charge on any atom is -0.478 e. The maximum atomic E-state index is 11.2. The van der Waals surface area contributed by atoms with Gasteiger partial charge >= 0.3 is 5.97 Å². The fourth-order valence-electron chi connectivity index (χ4n) is 1.68. The molecule has 0 saturated heterocycles. The van der Waals surface area contributed by atoms with E-state index in [0.717, 1.165) is 5.75 Å². The number of thioether (sulfide) groups is 1. The van der Waals surface area contributed by atoms with E-state index in [9.17, 15) is 9.90 Å². The molecule has 4 nitrogen and oxygen atoms in total. The number of carboxylic acids is 1. The maximum Gasteiger partial charge on any atom is 0.339 e. The molecule has 1 aromatic heterocycles. The fourth-order valence-corrected chi connectivity index (χ4v) is 2.38. The van der Waals surface area contributed by atoms with Gasteiger partial charge in [0.1, 0.15) is 16.9 Å². The van der Waals surface area contributed by atoms with Crippen LogP contribution in [-0.4, -0.2) is 23.4 Å². The van der Waals surface area contributed by atoms with Crippen molar-refractivity contribution in [2.75, 3.05) is 12.3 Å². The molecule has 3 N–H and O–H groups in total. The van der Waals surface area contributed by atoms with E-state index in [-0.39, 0.29) is 5.56 Å². The Labute approximate surface area is 103 Å². The van der Waals surface area contributed by atoms with Crippen molar-refractivity contribution < 1.29 is 14.3 Å². The Kier molecular flexibility index (Phi) is 3.71. The fraction of sp³-hybridized carbons (Fsp3) is 0.250. The smallest absolute Gasteiger partial charge is 0.339 e. The highest BCUT2D eigenvalue weighted by atomic mass is 32.2. The van der Waals surface area contributed by atoms with Gasteiger partial charge in [-0.3, -0.25) is 0 Å². The molecule has 2 aromatic rings. The van der Waals surface area contributed by atoms with Gasteiger partial charge in [-0.05, 0) is 6.07 Å². The summed E-state index contributed by atoms with van der Waals surface area (Å²) in [5, 5.41) is 9.87. The van der Waals surface area contributed by atoms with E-state index in [2.05, 4.69) is 0 Å². The van der Waals surface area contributed by atoms with Gasteiger partial charge < -0.3 is 15.3 Å². The van der Waals surface area contributed by atoms with Crippen molar-refractivity contribution in [1.29, 1.82) is 0 Å². The normalized spacial score (nSPS) is 10.9. The molecule has 0 atom stereocenters. The first-order valence-corrected chi connectivity index (χ1v) is 6.41. The number of hydrogen-bond donors (Lipinski definition) is 2. The number of carbonyl (C=O) groups is 1. The average Bonchev–Trinajstić information content (AvgIpc) is 2.67.